The van der Waals surface area contributed by atoms with Gasteiger partial charge in [-0.2, -0.15) is 0 Å². The normalized spacial score (nSPS) is 12.4. The third kappa shape index (κ3) is 3.76. The summed E-state index contributed by atoms with van der Waals surface area (Å²) in [5.41, 5.74) is 3.90. The Labute approximate surface area is 168 Å². The number of fused-ring (bicyclic) bond motifs is 2. The van der Waals surface area contributed by atoms with Gasteiger partial charge in [-0.1, -0.05) is 30.7 Å². The number of hydrogen-bond donors (Lipinski definition) is 0. The van der Waals surface area contributed by atoms with Crippen LogP contribution in [0.4, 0.5) is 0 Å². The van der Waals surface area contributed by atoms with Gasteiger partial charge in [0, 0.05) is 31.0 Å². The summed E-state index contributed by atoms with van der Waals surface area (Å²) >= 11 is 6.42. The summed E-state index contributed by atoms with van der Waals surface area (Å²) < 4.78 is 10.8. The Hall–Kier alpha value is -2.79. The molecule has 2 aromatic carbocycles. The van der Waals surface area contributed by atoms with Crippen LogP contribution in [0.1, 0.15) is 30.5 Å². The molecular formula is C22H21ClN2O3. The van der Waals surface area contributed by atoms with Gasteiger partial charge in [0.25, 0.3) is 0 Å². The maximum atomic E-state index is 12.3. The SMILES string of the molecule is CCc1ccc2nc(Cl)c(CN(Cc3ccc4c(c3)OCO4)C(C)=O)cc2c1. The smallest absolute Gasteiger partial charge is 0.231 e. The highest BCUT2D eigenvalue weighted by Crippen LogP contribution is 2.33. The maximum absolute atomic E-state index is 12.3. The van der Waals surface area contributed by atoms with Gasteiger partial charge < -0.3 is 14.4 Å². The Morgan fingerprint density at radius 1 is 1.07 bits per heavy atom. The van der Waals surface area contributed by atoms with E-state index in [2.05, 4.69) is 24.0 Å². The number of benzene rings is 2. The van der Waals surface area contributed by atoms with Crippen molar-refractivity contribution < 1.29 is 14.3 Å². The van der Waals surface area contributed by atoms with E-state index in [1.807, 2.05) is 30.3 Å². The monoisotopic (exact) mass is 396 g/mol. The summed E-state index contributed by atoms with van der Waals surface area (Å²) in [4.78, 5) is 18.5. The van der Waals surface area contributed by atoms with E-state index in [0.29, 0.717) is 24.0 Å². The number of aryl methyl sites for hydroxylation is 1. The molecule has 3 aromatic rings. The molecule has 0 bridgehead atoms. The highest BCUT2D eigenvalue weighted by atomic mass is 35.5. The number of nitrogens with zero attached hydrogens (tertiary/aromatic N) is 2. The van der Waals surface area contributed by atoms with E-state index in [-0.39, 0.29) is 12.7 Å². The lowest BCUT2D eigenvalue weighted by Gasteiger charge is -2.22. The van der Waals surface area contributed by atoms with E-state index in [1.54, 1.807) is 11.8 Å². The lowest BCUT2D eigenvalue weighted by molar-refractivity contribution is -0.130. The molecule has 1 aliphatic heterocycles. The summed E-state index contributed by atoms with van der Waals surface area (Å²) in [6.45, 7) is 4.75. The number of hydrogen-bond acceptors (Lipinski definition) is 4. The van der Waals surface area contributed by atoms with Crippen molar-refractivity contribution in [3.63, 3.8) is 0 Å². The van der Waals surface area contributed by atoms with Crippen molar-refractivity contribution in [3.05, 3.63) is 64.3 Å². The molecule has 0 atom stereocenters. The molecule has 1 aromatic heterocycles. The Morgan fingerprint density at radius 3 is 2.64 bits per heavy atom. The Morgan fingerprint density at radius 2 is 1.86 bits per heavy atom. The first kappa shape index (κ1) is 18.6. The van der Waals surface area contributed by atoms with E-state index >= 15 is 0 Å². The molecule has 0 spiro atoms. The maximum Gasteiger partial charge on any atom is 0.231 e. The van der Waals surface area contributed by atoms with Gasteiger partial charge in [-0.3, -0.25) is 4.79 Å². The van der Waals surface area contributed by atoms with Crippen LogP contribution in [0, 0.1) is 0 Å². The van der Waals surface area contributed by atoms with Crippen LogP contribution in [0.5, 0.6) is 11.5 Å². The molecule has 0 saturated carbocycles. The summed E-state index contributed by atoms with van der Waals surface area (Å²) in [5.74, 6) is 1.40. The van der Waals surface area contributed by atoms with Gasteiger partial charge in [0.2, 0.25) is 12.7 Å². The molecule has 2 heterocycles. The van der Waals surface area contributed by atoms with Gasteiger partial charge >= 0.3 is 0 Å². The van der Waals surface area contributed by atoms with Gasteiger partial charge in [-0.25, -0.2) is 4.98 Å². The highest BCUT2D eigenvalue weighted by Gasteiger charge is 2.17. The topological polar surface area (TPSA) is 51.7 Å². The summed E-state index contributed by atoms with van der Waals surface area (Å²) in [5, 5.41) is 1.46. The molecule has 0 radical (unpaired) electrons. The predicted molar refractivity (Wildman–Crippen MR) is 109 cm³/mol. The first-order valence-electron chi connectivity index (χ1n) is 9.25. The van der Waals surface area contributed by atoms with E-state index in [1.165, 1.54) is 5.56 Å². The standard InChI is InChI=1S/C22H21ClN2O3/c1-3-15-4-6-19-17(8-15)10-18(22(23)24-19)12-25(14(2)26)11-16-5-7-20-21(9-16)28-13-27-20/h4-10H,3,11-13H2,1-2H3. The molecule has 0 aliphatic carbocycles. The molecule has 0 unspecified atom stereocenters. The van der Waals surface area contributed by atoms with Gasteiger partial charge in [-0.15, -0.1) is 0 Å². The predicted octanol–water partition coefficient (Wildman–Crippen LogP) is 4.73. The minimum atomic E-state index is -0.0314. The zero-order chi connectivity index (χ0) is 19.7. The van der Waals surface area contributed by atoms with Crippen LogP contribution in [0.15, 0.2) is 42.5 Å². The number of ether oxygens (including phenoxy) is 2. The number of pyridine rings is 1. The molecule has 1 aliphatic rings. The second-order valence-corrected chi connectivity index (χ2v) is 7.24. The van der Waals surface area contributed by atoms with Crippen molar-refractivity contribution in [2.75, 3.05) is 6.79 Å². The van der Waals surface area contributed by atoms with Gasteiger partial charge in [0.05, 0.1) is 5.52 Å². The van der Waals surface area contributed by atoms with Crippen molar-refractivity contribution >= 4 is 28.4 Å². The van der Waals surface area contributed by atoms with Crippen LogP contribution in [0.2, 0.25) is 5.15 Å². The van der Waals surface area contributed by atoms with E-state index < -0.39 is 0 Å². The average Bonchev–Trinajstić information content (AvgIpc) is 3.15. The van der Waals surface area contributed by atoms with Crippen LogP contribution >= 0.6 is 11.6 Å². The van der Waals surface area contributed by atoms with E-state index in [9.17, 15) is 4.79 Å². The quantitative estimate of drug-likeness (QED) is 0.585. The second-order valence-electron chi connectivity index (χ2n) is 6.88. The van der Waals surface area contributed by atoms with Gasteiger partial charge in [0.15, 0.2) is 11.5 Å². The van der Waals surface area contributed by atoms with Crippen LogP contribution in [-0.4, -0.2) is 22.6 Å². The lowest BCUT2D eigenvalue weighted by atomic mass is 10.1. The fraction of sp³-hybridized carbons (Fsp3) is 0.273. The number of amides is 1. The lowest BCUT2D eigenvalue weighted by Crippen LogP contribution is -2.27. The Bertz CT molecular complexity index is 1050. The van der Waals surface area contributed by atoms with Crippen molar-refractivity contribution in [2.45, 2.75) is 33.4 Å². The summed E-state index contributed by atoms with van der Waals surface area (Å²) in [6.07, 6.45) is 0.956. The number of carbonyl (C=O) groups is 1. The molecule has 0 fully saturated rings. The molecule has 0 saturated heterocycles. The molecule has 4 rings (SSSR count). The molecule has 1 amide bonds. The number of rotatable bonds is 5. The fourth-order valence-electron chi connectivity index (χ4n) is 3.32. The first-order valence-corrected chi connectivity index (χ1v) is 9.63. The Balaban J connectivity index is 1.60. The number of aromatic nitrogens is 1. The first-order chi connectivity index (χ1) is 13.5. The van der Waals surface area contributed by atoms with Gasteiger partial charge in [0.1, 0.15) is 5.15 Å². The second kappa shape index (κ2) is 7.68. The molecule has 6 heteroatoms. The number of carbonyl (C=O) groups excluding carboxylic acids is 1. The van der Waals surface area contributed by atoms with Crippen molar-refractivity contribution in [3.8, 4) is 11.5 Å². The summed E-state index contributed by atoms with van der Waals surface area (Å²) in [7, 11) is 0. The Kier molecular flexibility index (Phi) is 5.09. The third-order valence-electron chi connectivity index (χ3n) is 4.93. The molecule has 0 N–H and O–H groups in total. The highest BCUT2D eigenvalue weighted by molar-refractivity contribution is 6.30. The van der Waals surface area contributed by atoms with Crippen LogP contribution < -0.4 is 9.47 Å². The fourth-order valence-corrected chi connectivity index (χ4v) is 3.53. The molecular weight excluding hydrogens is 376 g/mol. The van der Waals surface area contributed by atoms with Crippen molar-refractivity contribution in [2.24, 2.45) is 0 Å². The average molecular weight is 397 g/mol. The van der Waals surface area contributed by atoms with E-state index in [0.717, 1.165) is 34.2 Å². The molecule has 5 nitrogen and oxygen atoms in total. The van der Waals surface area contributed by atoms with Crippen molar-refractivity contribution in [1.82, 2.24) is 9.88 Å². The van der Waals surface area contributed by atoms with Gasteiger partial charge in [-0.05, 0) is 47.9 Å². The minimum absolute atomic E-state index is 0.0314. The zero-order valence-corrected chi connectivity index (χ0v) is 16.6. The molecule has 28 heavy (non-hydrogen) atoms. The van der Waals surface area contributed by atoms with Crippen LogP contribution in [-0.2, 0) is 24.3 Å². The van der Waals surface area contributed by atoms with Crippen LogP contribution in [0.3, 0.4) is 0 Å². The van der Waals surface area contributed by atoms with E-state index in [4.69, 9.17) is 21.1 Å². The largest absolute Gasteiger partial charge is 0.454 e. The minimum Gasteiger partial charge on any atom is -0.454 e. The van der Waals surface area contributed by atoms with Crippen LogP contribution in [0.25, 0.3) is 10.9 Å². The summed E-state index contributed by atoms with van der Waals surface area (Å²) in [6, 6.07) is 13.9. The van der Waals surface area contributed by atoms with Crippen molar-refractivity contribution in [1.29, 1.82) is 0 Å². The number of halogens is 1. The molecule has 144 valence electrons. The third-order valence-corrected chi connectivity index (χ3v) is 5.26. The zero-order valence-electron chi connectivity index (χ0n) is 15.9.